The lowest BCUT2D eigenvalue weighted by Gasteiger charge is -1.95. The first-order valence-electron chi connectivity index (χ1n) is 3.93. The Balaban J connectivity index is 2.44. The Bertz CT molecular complexity index is 442. The van der Waals surface area contributed by atoms with Crippen LogP contribution in [0.2, 0.25) is 0 Å². The van der Waals surface area contributed by atoms with Crippen molar-refractivity contribution in [3.8, 4) is 10.6 Å². The van der Waals surface area contributed by atoms with Crippen LogP contribution in [0.15, 0.2) is 28.6 Å². The third kappa shape index (κ3) is 1.78. The van der Waals surface area contributed by atoms with Crippen LogP contribution in [0.5, 0.6) is 0 Å². The van der Waals surface area contributed by atoms with Gasteiger partial charge in [-0.1, -0.05) is 35.2 Å². The molecular formula is C9H7FN2S2. The van der Waals surface area contributed by atoms with Gasteiger partial charge in [-0.2, -0.15) is 0 Å². The smallest absolute Gasteiger partial charge is 0.174 e. The van der Waals surface area contributed by atoms with Gasteiger partial charge in [-0.25, -0.2) is 4.39 Å². The predicted molar refractivity (Wildman–Crippen MR) is 57.1 cm³/mol. The largest absolute Gasteiger partial charge is 0.206 e. The SMILES string of the molecule is CSc1nnc(-c2ccccc2F)s1. The second-order valence-electron chi connectivity index (χ2n) is 2.56. The van der Waals surface area contributed by atoms with Gasteiger partial charge in [0, 0.05) is 5.56 Å². The lowest BCUT2D eigenvalue weighted by atomic mass is 10.2. The lowest BCUT2D eigenvalue weighted by Crippen LogP contribution is -1.81. The predicted octanol–water partition coefficient (Wildman–Crippen LogP) is 3.07. The second kappa shape index (κ2) is 4.06. The van der Waals surface area contributed by atoms with Crippen LogP contribution in [0, 0.1) is 5.82 Å². The Morgan fingerprint density at radius 3 is 2.71 bits per heavy atom. The molecular weight excluding hydrogens is 219 g/mol. The molecule has 1 aromatic carbocycles. The third-order valence-electron chi connectivity index (χ3n) is 1.69. The van der Waals surface area contributed by atoms with Gasteiger partial charge in [0.05, 0.1) is 0 Å². The van der Waals surface area contributed by atoms with Crippen LogP contribution in [0.3, 0.4) is 0 Å². The van der Waals surface area contributed by atoms with Crippen molar-refractivity contribution in [2.45, 2.75) is 4.34 Å². The van der Waals surface area contributed by atoms with Crippen LogP contribution in [0.1, 0.15) is 0 Å². The lowest BCUT2D eigenvalue weighted by molar-refractivity contribution is 0.631. The molecule has 2 nitrogen and oxygen atoms in total. The van der Waals surface area contributed by atoms with Crippen LogP contribution >= 0.6 is 23.1 Å². The van der Waals surface area contributed by atoms with E-state index in [1.165, 1.54) is 29.2 Å². The zero-order valence-corrected chi connectivity index (χ0v) is 9.03. The van der Waals surface area contributed by atoms with E-state index in [1.54, 1.807) is 18.2 Å². The van der Waals surface area contributed by atoms with Crippen LogP contribution < -0.4 is 0 Å². The van der Waals surface area contributed by atoms with Crippen molar-refractivity contribution in [1.29, 1.82) is 0 Å². The standard InChI is InChI=1S/C9H7FN2S2/c1-13-9-12-11-8(14-9)6-4-2-3-5-7(6)10/h2-5H,1H3. The number of aromatic nitrogens is 2. The van der Waals surface area contributed by atoms with E-state index in [0.29, 0.717) is 10.6 Å². The van der Waals surface area contributed by atoms with Crippen LogP contribution in [0.25, 0.3) is 10.6 Å². The number of benzene rings is 1. The molecule has 5 heteroatoms. The fraction of sp³-hybridized carbons (Fsp3) is 0.111. The summed E-state index contributed by atoms with van der Waals surface area (Å²) in [6.45, 7) is 0. The molecule has 0 saturated heterocycles. The first kappa shape index (κ1) is 9.61. The number of hydrogen-bond acceptors (Lipinski definition) is 4. The van der Waals surface area contributed by atoms with Gasteiger partial charge in [0.15, 0.2) is 9.35 Å². The molecule has 0 fully saturated rings. The molecule has 0 bridgehead atoms. The van der Waals surface area contributed by atoms with Crippen LogP contribution in [-0.4, -0.2) is 16.5 Å². The summed E-state index contributed by atoms with van der Waals surface area (Å²) in [4.78, 5) is 0. The molecule has 1 heterocycles. The molecule has 0 saturated carbocycles. The maximum Gasteiger partial charge on any atom is 0.174 e. The molecule has 2 rings (SSSR count). The average Bonchev–Trinajstić information content (AvgIpc) is 2.67. The summed E-state index contributed by atoms with van der Waals surface area (Å²) in [5, 5.41) is 8.47. The van der Waals surface area contributed by atoms with Gasteiger partial charge in [0.25, 0.3) is 0 Å². The quantitative estimate of drug-likeness (QED) is 0.736. The van der Waals surface area contributed by atoms with E-state index >= 15 is 0 Å². The van der Waals surface area contributed by atoms with E-state index in [-0.39, 0.29) is 5.82 Å². The highest BCUT2D eigenvalue weighted by atomic mass is 32.2. The highest BCUT2D eigenvalue weighted by molar-refractivity contribution is 8.00. The molecule has 0 aliphatic rings. The molecule has 0 N–H and O–H groups in total. The van der Waals surface area contributed by atoms with Crippen LogP contribution in [0.4, 0.5) is 4.39 Å². The molecule has 0 aliphatic carbocycles. The van der Waals surface area contributed by atoms with Gasteiger partial charge >= 0.3 is 0 Å². The fourth-order valence-corrected chi connectivity index (χ4v) is 2.33. The first-order chi connectivity index (χ1) is 6.81. The zero-order chi connectivity index (χ0) is 9.97. The number of halogens is 1. The summed E-state index contributed by atoms with van der Waals surface area (Å²) in [5.74, 6) is -0.253. The number of thioether (sulfide) groups is 1. The van der Waals surface area contributed by atoms with Crippen molar-refractivity contribution in [2.75, 3.05) is 6.26 Å². The van der Waals surface area contributed by atoms with Crippen LogP contribution in [-0.2, 0) is 0 Å². The molecule has 0 radical (unpaired) electrons. The van der Waals surface area contributed by atoms with E-state index in [1.807, 2.05) is 6.26 Å². The maximum absolute atomic E-state index is 13.3. The highest BCUT2D eigenvalue weighted by Gasteiger charge is 2.09. The Morgan fingerprint density at radius 1 is 1.29 bits per heavy atom. The zero-order valence-electron chi connectivity index (χ0n) is 7.40. The molecule has 72 valence electrons. The van der Waals surface area contributed by atoms with Crippen molar-refractivity contribution in [3.05, 3.63) is 30.1 Å². The van der Waals surface area contributed by atoms with E-state index in [0.717, 1.165) is 4.34 Å². The molecule has 0 unspecified atom stereocenters. The van der Waals surface area contributed by atoms with Crippen molar-refractivity contribution < 1.29 is 4.39 Å². The van der Waals surface area contributed by atoms with Crippen molar-refractivity contribution >= 4 is 23.1 Å². The number of rotatable bonds is 2. The maximum atomic E-state index is 13.3. The van der Waals surface area contributed by atoms with Gasteiger partial charge in [0.2, 0.25) is 0 Å². The molecule has 2 aromatic rings. The minimum Gasteiger partial charge on any atom is -0.206 e. The summed E-state index contributed by atoms with van der Waals surface area (Å²) in [5.41, 5.74) is 0.519. The van der Waals surface area contributed by atoms with Gasteiger partial charge < -0.3 is 0 Å². The summed E-state index contributed by atoms with van der Waals surface area (Å²) < 4.78 is 14.2. The molecule has 0 atom stereocenters. The molecule has 0 spiro atoms. The Morgan fingerprint density at radius 2 is 2.07 bits per heavy atom. The van der Waals surface area contributed by atoms with E-state index in [9.17, 15) is 4.39 Å². The Kier molecular flexibility index (Phi) is 2.79. The minimum atomic E-state index is -0.253. The summed E-state index contributed by atoms with van der Waals surface area (Å²) in [6, 6.07) is 6.59. The Labute approximate surface area is 89.2 Å². The number of hydrogen-bond donors (Lipinski definition) is 0. The van der Waals surface area contributed by atoms with Crippen molar-refractivity contribution in [1.82, 2.24) is 10.2 Å². The molecule has 0 amide bonds. The van der Waals surface area contributed by atoms with E-state index < -0.39 is 0 Å². The normalized spacial score (nSPS) is 10.4. The highest BCUT2D eigenvalue weighted by Crippen LogP contribution is 2.29. The first-order valence-corrected chi connectivity index (χ1v) is 5.98. The van der Waals surface area contributed by atoms with Crippen molar-refractivity contribution in [3.63, 3.8) is 0 Å². The third-order valence-corrected chi connectivity index (χ3v) is 3.62. The topological polar surface area (TPSA) is 25.8 Å². The van der Waals surface area contributed by atoms with Gasteiger partial charge in [-0.05, 0) is 18.4 Å². The fourth-order valence-electron chi connectivity index (χ4n) is 1.04. The van der Waals surface area contributed by atoms with Crippen molar-refractivity contribution in [2.24, 2.45) is 0 Å². The number of nitrogens with zero attached hydrogens (tertiary/aromatic N) is 2. The van der Waals surface area contributed by atoms with E-state index in [2.05, 4.69) is 10.2 Å². The van der Waals surface area contributed by atoms with Gasteiger partial charge in [0.1, 0.15) is 5.82 Å². The second-order valence-corrected chi connectivity index (χ2v) is 4.59. The summed E-state index contributed by atoms with van der Waals surface area (Å²) in [6.07, 6.45) is 1.92. The van der Waals surface area contributed by atoms with Gasteiger partial charge in [-0.3, -0.25) is 0 Å². The molecule has 1 aromatic heterocycles. The summed E-state index contributed by atoms with van der Waals surface area (Å²) in [7, 11) is 0. The van der Waals surface area contributed by atoms with E-state index in [4.69, 9.17) is 0 Å². The summed E-state index contributed by atoms with van der Waals surface area (Å²) >= 11 is 2.91. The minimum absolute atomic E-state index is 0.253. The molecule has 14 heavy (non-hydrogen) atoms. The monoisotopic (exact) mass is 226 g/mol. The Hall–Kier alpha value is -0.940. The molecule has 0 aliphatic heterocycles. The van der Waals surface area contributed by atoms with Gasteiger partial charge in [-0.15, -0.1) is 10.2 Å². The average molecular weight is 226 g/mol.